The average Bonchev–Trinajstić information content (AvgIpc) is 2.11. The van der Waals surface area contributed by atoms with Gasteiger partial charge in [0.1, 0.15) is 5.69 Å². The van der Waals surface area contributed by atoms with E-state index in [-0.39, 0.29) is 11.4 Å². The smallest absolute Gasteiger partial charge is 0.249 e. The van der Waals surface area contributed by atoms with Crippen LogP contribution in [0.3, 0.4) is 0 Å². The first-order valence-electron chi connectivity index (χ1n) is 3.87. The number of halogens is 3. The van der Waals surface area contributed by atoms with Gasteiger partial charge in [-0.15, -0.1) is 0 Å². The third-order valence-corrected chi connectivity index (χ3v) is 2.18. The molecule has 74 valence electrons. The van der Waals surface area contributed by atoms with Crippen molar-refractivity contribution in [3.05, 3.63) is 28.0 Å². The summed E-state index contributed by atoms with van der Waals surface area (Å²) in [5.74, 6) is 0. The molecule has 1 rings (SSSR count). The zero-order valence-electron chi connectivity index (χ0n) is 7.39. The van der Waals surface area contributed by atoms with E-state index < -0.39 is 12.1 Å². The van der Waals surface area contributed by atoms with E-state index in [2.05, 4.69) is 4.98 Å². The molecule has 0 amide bonds. The second kappa shape index (κ2) is 4.34. The molecule has 1 heterocycles. The van der Waals surface area contributed by atoms with Gasteiger partial charge in [-0.05, 0) is 18.6 Å². The highest BCUT2D eigenvalue weighted by molar-refractivity contribution is 6.32. The number of hydrogen-bond acceptors (Lipinski definition) is 2. The van der Waals surface area contributed by atoms with Gasteiger partial charge in [0.2, 0.25) is 0 Å². The lowest BCUT2D eigenvalue weighted by molar-refractivity contribution is 0.146. The number of rotatable bonds is 2. The minimum atomic E-state index is -2.71. The molecule has 0 aromatic carbocycles. The van der Waals surface area contributed by atoms with Gasteiger partial charge >= 0.3 is 0 Å². The molecule has 0 radical (unpaired) electrons. The van der Waals surface area contributed by atoms with Crippen LogP contribution in [0.25, 0.3) is 0 Å². The first-order chi connectivity index (χ1) is 6.56. The first kappa shape index (κ1) is 10.9. The van der Waals surface area contributed by atoms with E-state index in [1.54, 1.807) is 6.92 Å². The van der Waals surface area contributed by atoms with Gasteiger partial charge in [0.25, 0.3) is 6.43 Å². The number of nitriles is 1. The number of pyridine rings is 1. The van der Waals surface area contributed by atoms with Gasteiger partial charge in [-0.3, -0.25) is 0 Å². The molecule has 0 aliphatic rings. The Morgan fingerprint density at radius 1 is 1.64 bits per heavy atom. The number of nitrogens with zero attached hydrogens (tertiary/aromatic N) is 2. The Morgan fingerprint density at radius 3 is 2.79 bits per heavy atom. The molecular formula is C9H7ClF2N2. The standard InChI is InChI=1S/C9H7ClF2N2/c1-5-4-6(2-3-13)14-8(7(5)10)9(11)12/h4,9H,2H2,1H3. The van der Waals surface area contributed by atoms with E-state index >= 15 is 0 Å². The highest BCUT2D eigenvalue weighted by atomic mass is 35.5. The summed E-state index contributed by atoms with van der Waals surface area (Å²) < 4.78 is 24.8. The summed E-state index contributed by atoms with van der Waals surface area (Å²) in [5.41, 5.74) is 0.392. The van der Waals surface area contributed by atoms with Crippen molar-refractivity contribution in [1.29, 1.82) is 5.26 Å². The molecule has 0 aliphatic carbocycles. The summed E-state index contributed by atoms with van der Waals surface area (Å²) >= 11 is 5.63. The lowest BCUT2D eigenvalue weighted by Gasteiger charge is -2.06. The lowest BCUT2D eigenvalue weighted by Crippen LogP contribution is -1.99. The Balaban J connectivity index is 3.22. The van der Waals surface area contributed by atoms with Crippen LogP contribution in [0.2, 0.25) is 5.02 Å². The normalized spacial score (nSPS) is 10.3. The van der Waals surface area contributed by atoms with Crippen molar-refractivity contribution in [2.75, 3.05) is 0 Å². The predicted octanol–water partition coefficient (Wildman–Crippen LogP) is 3.05. The van der Waals surface area contributed by atoms with Gasteiger partial charge in [0.05, 0.1) is 23.2 Å². The fraction of sp³-hybridized carbons (Fsp3) is 0.333. The quantitative estimate of drug-likeness (QED) is 0.762. The topological polar surface area (TPSA) is 36.7 Å². The zero-order valence-corrected chi connectivity index (χ0v) is 8.15. The van der Waals surface area contributed by atoms with Crippen LogP contribution in [-0.2, 0) is 6.42 Å². The first-order valence-corrected chi connectivity index (χ1v) is 4.25. The number of aryl methyl sites for hydroxylation is 1. The minimum absolute atomic E-state index is 0.0116. The molecule has 0 bridgehead atoms. The Bertz CT molecular complexity index is 385. The van der Waals surface area contributed by atoms with Crippen LogP contribution >= 0.6 is 11.6 Å². The molecule has 0 atom stereocenters. The summed E-state index contributed by atoms with van der Waals surface area (Å²) in [5, 5.41) is 8.37. The molecule has 0 fully saturated rings. The molecule has 1 aromatic rings. The summed E-state index contributed by atoms with van der Waals surface area (Å²) in [6, 6.07) is 3.39. The van der Waals surface area contributed by atoms with E-state index in [1.165, 1.54) is 6.07 Å². The molecule has 2 nitrogen and oxygen atoms in total. The molecule has 5 heteroatoms. The maximum Gasteiger partial charge on any atom is 0.281 e. The monoisotopic (exact) mass is 216 g/mol. The summed E-state index contributed by atoms with van der Waals surface area (Å²) in [7, 11) is 0. The van der Waals surface area contributed by atoms with E-state index in [4.69, 9.17) is 16.9 Å². The lowest BCUT2D eigenvalue weighted by atomic mass is 10.2. The van der Waals surface area contributed by atoms with Crippen molar-refractivity contribution < 1.29 is 8.78 Å². The fourth-order valence-electron chi connectivity index (χ4n) is 1.07. The van der Waals surface area contributed by atoms with E-state index in [0.717, 1.165) is 0 Å². The van der Waals surface area contributed by atoms with Gasteiger partial charge in [-0.1, -0.05) is 11.6 Å². The summed E-state index contributed by atoms with van der Waals surface area (Å²) in [6.07, 6.45) is -2.70. The maximum atomic E-state index is 12.4. The molecule has 0 unspecified atom stereocenters. The van der Waals surface area contributed by atoms with Crippen LogP contribution in [0, 0.1) is 18.3 Å². The molecule has 0 saturated carbocycles. The van der Waals surface area contributed by atoms with Crippen molar-refractivity contribution in [3.63, 3.8) is 0 Å². The third kappa shape index (κ3) is 2.18. The molecule has 14 heavy (non-hydrogen) atoms. The van der Waals surface area contributed by atoms with Crippen LogP contribution in [-0.4, -0.2) is 4.98 Å². The molecule has 0 aliphatic heterocycles. The minimum Gasteiger partial charge on any atom is -0.249 e. The van der Waals surface area contributed by atoms with Crippen molar-refractivity contribution in [2.24, 2.45) is 0 Å². The Morgan fingerprint density at radius 2 is 2.29 bits per heavy atom. The largest absolute Gasteiger partial charge is 0.281 e. The molecule has 0 N–H and O–H groups in total. The third-order valence-electron chi connectivity index (χ3n) is 1.69. The average molecular weight is 217 g/mol. The Hall–Kier alpha value is -1.21. The van der Waals surface area contributed by atoms with Crippen molar-refractivity contribution in [2.45, 2.75) is 19.8 Å². The highest BCUT2D eigenvalue weighted by Gasteiger charge is 2.16. The molecule has 1 aromatic heterocycles. The van der Waals surface area contributed by atoms with Gasteiger partial charge in [0, 0.05) is 0 Å². The fourth-order valence-corrected chi connectivity index (χ4v) is 1.25. The Labute approximate surface area is 85.1 Å². The van der Waals surface area contributed by atoms with E-state index in [1.807, 2.05) is 6.07 Å². The van der Waals surface area contributed by atoms with Crippen molar-refractivity contribution >= 4 is 11.6 Å². The van der Waals surface area contributed by atoms with Gasteiger partial charge in [-0.2, -0.15) is 5.26 Å². The number of alkyl halides is 2. The summed E-state index contributed by atoms with van der Waals surface area (Å²) in [4.78, 5) is 3.62. The van der Waals surface area contributed by atoms with Crippen LogP contribution in [0.15, 0.2) is 6.07 Å². The van der Waals surface area contributed by atoms with Gasteiger partial charge < -0.3 is 0 Å². The molecular weight excluding hydrogens is 210 g/mol. The second-order valence-electron chi connectivity index (χ2n) is 2.77. The van der Waals surface area contributed by atoms with Gasteiger partial charge in [-0.25, -0.2) is 13.8 Å². The Kier molecular flexibility index (Phi) is 3.37. The number of hydrogen-bond donors (Lipinski definition) is 0. The van der Waals surface area contributed by atoms with Crippen molar-refractivity contribution in [3.8, 4) is 6.07 Å². The molecule has 0 spiro atoms. The van der Waals surface area contributed by atoms with Crippen LogP contribution in [0.4, 0.5) is 8.78 Å². The van der Waals surface area contributed by atoms with Crippen molar-refractivity contribution in [1.82, 2.24) is 4.98 Å². The van der Waals surface area contributed by atoms with Crippen LogP contribution in [0.5, 0.6) is 0 Å². The number of aromatic nitrogens is 1. The maximum absolute atomic E-state index is 12.4. The zero-order chi connectivity index (χ0) is 10.7. The molecule has 0 saturated heterocycles. The highest BCUT2D eigenvalue weighted by Crippen LogP contribution is 2.28. The van der Waals surface area contributed by atoms with Gasteiger partial charge in [0.15, 0.2) is 0 Å². The van der Waals surface area contributed by atoms with Crippen LogP contribution in [0.1, 0.15) is 23.4 Å². The predicted molar refractivity (Wildman–Crippen MR) is 48.3 cm³/mol. The van der Waals surface area contributed by atoms with E-state index in [9.17, 15) is 8.78 Å². The van der Waals surface area contributed by atoms with E-state index in [0.29, 0.717) is 11.3 Å². The van der Waals surface area contributed by atoms with Crippen LogP contribution < -0.4 is 0 Å². The summed E-state index contributed by atoms with van der Waals surface area (Å²) in [6.45, 7) is 1.61. The SMILES string of the molecule is Cc1cc(CC#N)nc(C(F)F)c1Cl. The second-order valence-corrected chi connectivity index (χ2v) is 3.14.